The summed E-state index contributed by atoms with van der Waals surface area (Å²) in [5, 5.41) is 8.55. The molecule has 2 saturated heterocycles. The Morgan fingerprint density at radius 1 is 1.00 bits per heavy atom. The summed E-state index contributed by atoms with van der Waals surface area (Å²) in [4.78, 5) is 13.3. The number of aromatic nitrogens is 4. The predicted molar refractivity (Wildman–Crippen MR) is 86.9 cm³/mol. The Labute approximate surface area is 135 Å². The molecule has 2 aliphatic heterocycles. The minimum atomic E-state index is 0.456. The van der Waals surface area contributed by atoms with Crippen LogP contribution in [0.4, 0.5) is 11.6 Å². The van der Waals surface area contributed by atoms with Crippen LogP contribution in [0.1, 0.15) is 18.5 Å². The fourth-order valence-corrected chi connectivity index (χ4v) is 3.70. The van der Waals surface area contributed by atoms with Crippen LogP contribution in [0.5, 0.6) is 5.88 Å². The van der Waals surface area contributed by atoms with Crippen molar-refractivity contribution in [1.82, 2.24) is 20.2 Å². The molecule has 0 unspecified atom stereocenters. The van der Waals surface area contributed by atoms with Crippen molar-refractivity contribution >= 4 is 11.6 Å². The van der Waals surface area contributed by atoms with Gasteiger partial charge in [-0.15, -0.1) is 5.10 Å². The van der Waals surface area contributed by atoms with Gasteiger partial charge in [0.2, 0.25) is 5.88 Å². The van der Waals surface area contributed by atoms with Crippen LogP contribution >= 0.6 is 0 Å². The van der Waals surface area contributed by atoms with Crippen LogP contribution in [-0.2, 0) is 0 Å². The number of hydrogen-bond acceptors (Lipinski definition) is 7. The molecule has 0 aromatic carbocycles. The molecule has 7 nitrogen and oxygen atoms in total. The number of methoxy groups -OCH3 is 1. The fourth-order valence-electron chi connectivity index (χ4n) is 3.70. The van der Waals surface area contributed by atoms with E-state index >= 15 is 0 Å². The van der Waals surface area contributed by atoms with E-state index in [0.717, 1.165) is 43.3 Å². The average molecular weight is 312 g/mol. The Morgan fingerprint density at radius 3 is 2.39 bits per heavy atom. The first-order valence-electron chi connectivity index (χ1n) is 7.96. The van der Waals surface area contributed by atoms with Gasteiger partial charge in [0, 0.05) is 19.2 Å². The maximum absolute atomic E-state index is 5.22. The molecule has 0 aliphatic carbocycles. The quantitative estimate of drug-likeness (QED) is 0.849. The van der Waals surface area contributed by atoms with Crippen molar-refractivity contribution in [3.8, 4) is 5.88 Å². The molecule has 7 heteroatoms. The predicted octanol–water partition coefficient (Wildman–Crippen LogP) is 1.44. The van der Waals surface area contributed by atoms with E-state index in [1.165, 1.54) is 0 Å². The molecule has 0 amide bonds. The van der Waals surface area contributed by atoms with Crippen molar-refractivity contribution in [3.63, 3.8) is 0 Å². The molecule has 2 aromatic heterocycles. The normalized spacial score (nSPS) is 23.2. The van der Waals surface area contributed by atoms with Crippen LogP contribution in [0.2, 0.25) is 0 Å². The van der Waals surface area contributed by atoms with Crippen LogP contribution in [-0.4, -0.2) is 52.4 Å². The van der Waals surface area contributed by atoms with E-state index in [1.807, 2.05) is 19.1 Å². The first-order chi connectivity index (χ1) is 11.3. The Bertz CT molecular complexity index is 691. The second-order valence-corrected chi connectivity index (χ2v) is 6.05. The van der Waals surface area contributed by atoms with Crippen LogP contribution < -0.4 is 14.5 Å². The zero-order valence-electron chi connectivity index (χ0n) is 13.4. The molecular weight excluding hydrogens is 292 g/mol. The third-order valence-electron chi connectivity index (χ3n) is 4.79. The summed E-state index contributed by atoms with van der Waals surface area (Å²) < 4.78 is 5.22. The van der Waals surface area contributed by atoms with E-state index in [1.54, 1.807) is 13.4 Å². The number of rotatable bonds is 3. The van der Waals surface area contributed by atoms with E-state index < -0.39 is 0 Å². The van der Waals surface area contributed by atoms with Crippen molar-refractivity contribution in [2.24, 2.45) is 0 Å². The highest BCUT2D eigenvalue weighted by molar-refractivity contribution is 5.50. The van der Waals surface area contributed by atoms with E-state index in [9.17, 15) is 0 Å². The van der Waals surface area contributed by atoms with E-state index in [0.29, 0.717) is 18.0 Å². The molecule has 0 N–H and O–H groups in total. The van der Waals surface area contributed by atoms with Crippen molar-refractivity contribution in [1.29, 1.82) is 0 Å². The van der Waals surface area contributed by atoms with Crippen LogP contribution in [0, 0.1) is 6.92 Å². The van der Waals surface area contributed by atoms with E-state index in [-0.39, 0.29) is 0 Å². The third kappa shape index (κ3) is 2.46. The molecule has 2 aliphatic rings. The smallest absolute Gasteiger partial charge is 0.218 e. The van der Waals surface area contributed by atoms with Crippen molar-refractivity contribution in [2.75, 3.05) is 30.0 Å². The average Bonchev–Trinajstić information content (AvgIpc) is 3.17. The lowest BCUT2D eigenvalue weighted by molar-refractivity contribution is 0.396. The number of ether oxygens (including phenoxy) is 1. The molecule has 2 aromatic rings. The summed E-state index contributed by atoms with van der Waals surface area (Å²) >= 11 is 0. The summed E-state index contributed by atoms with van der Waals surface area (Å²) in [5.74, 6) is 2.53. The summed E-state index contributed by atoms with van der Waals surface area (Å²) in [5.41, 5.74) is 0.950. The highest BCUT2D eigenvalue weighted by atomic mass is 16.5. The Morgan fingerprint density at radius 2 is 1.74 bits per heavy atom. The van der Waals surface area contributed by atoms with E-state index in [4.69, 9.17) is 4.74 Å². The molecule has 0 spiro atoms. The molecule has 0 bridgehead atoms. The van der Waals surface area contributed by atoms with Crippen LogP contribution in [0.3, 0.4) is 0 Å². The molecule has 2 atom stereocenters. The number of anilines is 2. The number of nitrogens with zero attached hydrogens (tertiary/aromatic N) is 6. The lowest BCUT2D eigenvalue weighted by atomic mass is 10.1. The molecular formula is C16H20N6O. The number of aryl methyl sites for hydroxylation is 1. The van der Waals surface area contributed by atoms with Gasteiger partial charge in [0.1, 0.15) is 12.1 Å². The maximum atomic E-state index is 5.22. The minimum absolute atomic E-state index is 0.456. The zero-order chi connectivity index (χ0) is 15.8. The Kier molecular flexibility index (Phi) is 3.48. The van der Waals surface area contributed by atoms with Crippen molar-refractivity contribution < 1.29 is 4.74 Å². The lowest BCUT2D eigenvalue weighted by Gasteiger charge is -2.26. The zero-order valence-corrected chi connectivity index (χ0v) is 13.4. The number of fused-ring (bicyclic) bond motifs is 1. The molecule has 120 valence electrons. The molecule has 0 saturated carbocycles. The van der Waals surface area contributed by atoms with Gasteiger partial charge < -0.3 is 14.5 Å². The highest BCUT2D eigenvalue weighted by Gasteiger charge is 2.43. The lowest BCUT2D eigenvalue weighted by Crippen LogP contribution is -2.37. The SMILES string of the molecule is COc1cc(N2CC[C@H]3[C@H]2CCN3c2ccc(C)nn2)ncn1. The third-order valence-corrected chi connectivity index (χ3v) is 4.79. The Hall–Kier alpha value is -2.44. The van der Waals surface area contributed by atoms with E-state index in [2.05, 4.69) is 36.0 Å². The minimum Gasteiger partial charge on any atom is -0.481 e. The topological polar surface area (TPSA) is 67.3 Å². The first kappa shape index (κ1) is 14.2. The largest absolute Gasteiger partial charge is 0.481 e. The molecule has 2 fully saturated rings. The molecule has 0 radical (unpaired) electrons. The van der Waals surface area contributed by atoms with Gasteiger partial charge in [0.15, 0.2) is 5.82 Å². The second-order valence-electron chi connectivity index (χ2n) is 6.05. The van der Waals surface area contributed by atoms with Gasteiger partial charge in [-0.05, 0) is 31.9 Å². The summed E-state index contributed by atoms with van der Waals surface area (Å²) in [6, 6.07) is 6.93. The Balaban J connectivity index is 1.56. The monoisotopic (exact) mass is 312 g/mol. The summed E-state index contributed by atoms with van der Waals surface area (Å²) in [7, 11) is 1.63. The van der Waals surface area contributed by atoms with Gasteiger partial charge in [-0.3, -0.25) is 0 Å². The summed E-state index contributed by atoms with van der Waals surface area (Å²) in [6.45, 7) is 3.96. The second kappa shape index (κ2) is 5.64. The molecule has 4 heterocycles. The maximum Gasteiger partial charge on any atom is 0.218 e. The fraction of sp³-hybridized carbons (Fsp3) is 0.500. The van der Waals surface area contributed by atoms with Gasteiger partial charge >= 0.3 is 0 Å². The van der Waals surface area contributed by atoms with Crippen LogP contribution in [0.25, 0.3) is 0 Å². The number of hydrogen-bond donors (Lipinski definition) is 0. The van der Waals surface area contributed by atoms with Gasteiger partial charge in [-0.25, -0.2) is 9.97 Å². The van der Waals surface area contributed by atoms with Crippen molar-refractivity contribution in [2.45, 2.75) is 31.8 Å². The summed E-state index contributed by atoms with van der Waals surface area (Å²) in [6.07, 6.45) is 3.78. The van der Waals surface area contributed by atoms with Gasteiger partial charge in [-0.2, -0.15) is 5.10 Å². The van der Waals surface area contributed by atoms with Gasteiger partial charge in [0.25, 0.3) is 0 Å². The molecule has 4 rings (SSSR count). The highest BCUT2D eigenvalue weighted by Crippen LogP contribution is 2.36. The first-order valence-corrected chi connectivity index (χ1v) is 7.96. The van der Waals surface area contributed by atoms with Crippen molar-refractivity contribution in [3.05, 3.63) is 30.2 Å². The van der Waals surface area contributed by atoms with Crippen LogP contribution in [0.15, 0.2) is 24.5 Å². The molecule has 23 heavy (non-hydrogen) atoms. The van der Waals surface area contributed by atoms with Gasteiger partial charge in [-0.1, -0.05) is 0 Å². The van der Waals surface area contributed by atoms with Gasteiger partial charge in [0.05, 0.1) is 24.9 Å². The standard InChI is InChI=1S/C16H20N6O/c1-11-3-4-14(20-19-11)21-7-5-13-12(21)6-8-22(13)15-9-16(23-2)18-10-17-15/h3-4,9-10,12-13H,5-8H2,1-2H3/t12-,13+/m0/s1.